The zero-order valence-electron chi connectivity index (χ0n) is 18.5. The maximum Gasteiger partial charge on any atom is 0.232 e. The second kappa shape index (κ2) is 8.96. The number of rotatable bonds is 5. The molecule has 2 aromatic carbocycles. The number of hydrogen-bond acceptors (Lipinski definition) is 6. The van der Waals surface area contributed by atoms with Crippen LogP contribution in [0.15, 0.2) is 47.4 Å². The molecule has 176 valence electrons. The van der Waals surface area contributed by atoms with Crippen molar-refractivity contribution < 1.29 is 17.9 Å². The third-order valence-electron chi connectivity index (χ3n) is 6.11. The molecule has 0 bridgehead atoms. The van der Waals surface area contributed by atoms with Gasteiger partial charge in [-0.15, -0.1) is 0 Å². The van der Waals surface area contributed by atoms with Crippen molar-refractivity contribution >= 4 is 44.7 Å². The third-order valence-corrected chi connectivity index (χ3v) is 7.68. The summed E-state index contributed by atoms with van der Waals surface area (Å²) in [6.07, 6.45) is 2.69. The lowest BCUT2D eigenvalue weighted by atomic mass is 9.85. The van der Waals surface area contributed by atoms with Gasteiger partial charge in [0.2, 0.25) is 5.91 Å². The van der Waals surface area contributed by atoms with E-state index in [0.717, 1.165) is 6.26 Å². The topological polar surface area (TPSA) is 112 Å². The molecule has 33 heavy (non-hydrogen) atoms. The molecule has 1 atom stereocenters. The number of amides is 1. The summed E-state index contributed by atoms with van der Waals surface area (Å²) in [4.78, 5) is 14.8. The van der Waals surface area contributed by atoms with E-state index in [4.69, 9.17) is 21.7 Å². The van der Waals surface area contributed by atoms with Gasteiger partial charge in [-0.2, -0.15) is 0 Å². The molecule has 0 spiro atoms. The van der Waals surface area contributed by atoms with Crippen molar-refractivity contribution in [1.82, 2.24) is 10.2 Å². The summed E-state index contributed by atoms with van der Waals surface area (Å²) >= 11 is 6.76. The lowest BCUT2D eigenvalue weighted by Gasteiger charge is -2.45. The first kappa shape index (κ1) is 23.5. The first-order valence-corrected chi connectivity index (χ1v) is 13.0. The first-order valence-electron chi connectivity index (χ1n) is 10.7. The number of benzene rings is 2. The van der Waals surface area contributed by atoms with Crippen molar-refractivity contribution in [2.75, 3.05) is 24.8 Å². The Morgan fingerprint density at radius 3 is 2.48 bits per heavy atom. The van der Waals surface area contributed by atoms with E-state index in [1.165, 1.54) is 11.0 Å². The highest BCUT2D eigenvalue weighted by Gasteiger charge is 2.43. The van der Waals surface area contributed by atoms with E-state index in [9.17, 15) is 13.2 Å². The standard InChI is InChI=1S/C23H27ClN4O4S/c1-23(14-20(29)28(22(25)27-23)15-10-12-32-13-11-15)16-6-5-8-18(21(16)24)26-17-7-3-4-9-19(17)33(2,30)31/h3-9,15,26H,10-14H2,1-2H3,(H2,25,27)/t23-/m0/s1. The number of ether oxygens (including phenoxy) is 1. The summed E-state index contributed by atoms with van der Waals surface area (Å²) in [7, 11) is -3.45. The van der Waals surface area contributed by atoms with E-state index in [-0.39, 0.29) is 29.2 Å². The molecule has 8 nitrogen and oxygen atoms in total. The van der Waals surface area contributed by atoms with E-state index in [2.05, 4.69) is 10.6 Å². The predicted molar refractivity (Wildman–Crippen MR) is 128 cm³/mol. The molecule has 3 N–H and O–H groups in total. The van der Waals surface area contributed by atoms with Crippen LogP contribution < -0.4 is 10.6 Å². The number of hydrogen-bond donors (Lipinski definition) is 3. The van der Waals surface area contributed by atoms with Crippen LogP contribution in [0.3, 0.4) is 0 Å². The molecular weight excluding hydrogens is 464 g/mol. The van der Waals surface area contributed by atoms with Crippen LogP contribution in [0.2, 0.25) is 5.02 Å². The summed E-state index contributed by atoms with van der Waals surface area (Å²) in [5.41, 5.74) is 0.686. The zero-order valence-corrected chi connectivity index (χ0v) is 20.1. The van der Waals surface area contributed by atoms with Crippen molar-refractivity contribution in [1.29, 1.82) is 5.41 Å². The monoisotopic (exact) mass is 490 g/mol. The summed E-state index contributed by atoms with van der Waals surface area (Å²) in [5, 5.41) is 15.2. The van der Waals surface area contributed by atoms with Gasteiger partial charge in [-0.05, 0) is 43.5 Å². The Morgan fingerprint density at radius 1 is 1.15 bits per heavy atom. The smallest absolute Gasteiger partial charge is 0.232 e. The molecule has 0 saturated carbocycles. The molecule has 4 rings (SSSR count). The van der Waals surface area contributed by atoms with Gasteiger partial charge in [-0.25, -0.2) is 8.42 Å². The molecule has 10 heteroatoms. The van der Waals surface area contributed by atoms with Gasteiger partial charge in [0.25, 0.3) is 0 Å². The molecule has 0 radical (unpaired) electrons. The Bertz CT molecular complexity index is 1180. The molecule has 2 heterocycles. The number of nitrogens with zero attached hydrogens (tertiary/aromatic N) is 1. The van der Waals surface area contributed by atoms with Crippen LogP contribution in [0.25, 0.3) is 0 Å². The Hall–Kier alpha value is -2.62. The molecular formula is C23H27ClN4O4S. The number of nitrogens with one attached hydrogen (secondary N) is 3. The average molecular weight is 491 g/mol. The Morgan fingerprint density at radius 2 is 1.82 bits per heavy atom. The largest absolute Gasteiger partial charge is 0.381 e. The van der Waals surface area contributed by atoms with Gasteiger partial charge in [0.1, 0.15) is 0 Å². The SMILES string of the molecule is C[C@@]1(c2cccc(Nc3ccccc3S(C)(=O)=O)c2Cl)CC(=O)N(C2CCOCC2)C(=N)N1. The molecule has 2 aliphatic heterocycles. The van der Waals surface area contributed by atoms with Gasteiger partial charge in [0.05, 0.1) is 33.3 Å². The van der Waals surface area contributed by atoms with Gasteiger partial charge in [0, 0.05) is 25.5 Å². The number of guanidine groups is 1. The molecule has 2 aliphatic rings. The quantitative estimate of drug-likeness (QED) is 0.590. The van der Waals surface area contributed by atoms with E-state index < -0.39 is 15.4 Å². The van der Waals surface area contributed by atoms with Crippen molar-refractivity contribution in [3.05, 3.63) is 53.1 Å². The van der Waals surface area contributed by atoms with Gasteiger partial charge in [0.15, 0.2) is 15.8 Å². The van der Waals surface area contributed by atoms with Crippen molar-refractivity contribution in [3.8, 4) is 0 Å². The minimum atomic E-state index is -3.45. The molecule has 2 fully saturated rings. The highest BCUT2D eigenvalue weighted by Crippen LogP contribution is 2.39. The minimum Gasteiger partial charge on any atom is -0.381 e. The van der Waals surface area contributed by atoms with E-state index in [1.807, 2.05) is 13.0 Å². The number of carbonyl (C=O) groups is 1. The fourth-order valence-electron chi connectivity index (χ4n) is 4.46. The normalized spacial score (nSPS) is 22.2. The highest BCUT2D eigenvalue weighted by molar-refractivity contribution is 7.90. The van der Waals surface area contributed by atoms with Crippen LogP contribution in [-0.4, -0.2) is 50.7 Å². The van der Waals surface area contributed by atoms with Gasteiger partial charge >= 0.3 is 0 Å². The second-order valence-electron chi connectivity index (χ2n) is 8.65. The summed E-state index contributed by atoms with van der Waals surface area (Å²) in [6, 6.07) is 11.9. The third kappa shape index (κ3) is 4.71. The number of anilines is 2. The number of halogens is 1. The molecule has 1 amide bonds. The van der Waals surface area contributed by atoms with Gasteiger partial charge < -0.3 is 15.4 Å². The van der Waals surface area contributed by atoms with E-state index in [1.54, 1.807) is 30.3 Å². The summed E-state index contributed by atoms with van der Waals surface area (Å²) in [5.74, 6) is -0.0810. The maximum atomic E-state index is 13.1. The van der Waals surface area contributed by atoms with Gasteiger partial charge in [-0.1, -0.05) is 35.9 Å². The number of carbonyl (C=O) groups excluding carboxylic acids is 1. The fourth-order valence-corrected chi connectivity index (χ4v) is 5.69. The minimum absolute atomic E-state index is 0.0493. The molecule has 2 aromatic rings. The van der Waals surface area contributed by atoms with Crippen molar-refractivity contribution in [2.24, 2.45) is 0 Å². The van der Waals surface area contributed by atoms with Crippen LogP contribution >= 0.6 is 11.6 Å². The van der Waals surface area contributed by atoms with Crippen LogP contribution in [0.1, 0.15) is 31.7 Å². The highest BCUT2D eigenvalue weighted by atomic mass is 35.5. The lowest BCUT2D eigenvalue weighted by molar-refractivity contribution is -0.133. The molecule has 2 saturated heterocycles. The zero-order chi connectivity index (χ0) is 23.8. The predicted octanol–water partition coefficient (Wildman–Crippen LogP) is 3.64. The maximum absolute atomic E-state index is 13.1. The number of para-hydroxylation sites is 1. The van der Waals surface area contributed by atoms with Crippen LogP contribution in [0.4, 0.5) is 11.4 Å². The van der Waals surface area contributed by atoms with Crippen LogP contribution in [0.5, 0.6) is 0 Å². The second-order valence-corrected chi connectivity index (χ2v) is 11.0. The average Bonchev–Trinajstić information content (AvgIpc) is 2.75. The van der Waals surface area contributed by atoms with Gasteiger partial charge in [-0.3, -0.25) is 15.1 Å². The van der Waals surface area contributed by atoms with Crippen molar-refractivity contribution in [3.63, 3.8) is 0 Å². The molecule has 0 aromatic heterocycles. The lowest BCUT2D eigenvalue weighted by Crippen LogP contribution is -2.62. The Kier molecular flexibility index (Phi) is 6.39. The Labute approximate surface area is 198 Å². The number of sulfone groups is 1. The van der Waals surface area contributed by atoms with E-state index in [0.29, 0.717) is 48.0 Å². The van der Waals surface area contributed by atoms with E-state index >= 15 is 0 Å². The Balaban J connectivity index is 1.63. The molecule has 0 unspecified atom stereocenters. The fraction of sp³-hybridized carbons (Fsp3) is 0.391. The van der Waals surface area contributed by atoms with Crippen LogP contribution in [-0.2, 0) is 24.9 Å². The van der Waals surface area contributed by atoms with Crippen LogP contribution in [0, 0.1) is 5.41 Å². The first-order chi connectivity index (χ1) is 15.6. The van der Waals surface area contributed by atoms with Crippen molar-refractivity contribution in [2.45, 2.75) is 42.7 Å². The molecule has 0 aliphatic carbocycles. The summed E-state index contributed by atoms with van der Waals surface area (Å²) in [6.45, 7) is 3.00. The summed E-state index contributed by atoms with van der Waals surface area (Å²) < 4.78 is 29.7.